The number of fused-ring (bicyclic) bond motifs is 1. The van der Waals surface area contributed by atoms with Crippen LogP contribution in [0.2, 0.25) is 0 Å². The fourth-order valence-electron chi connectivity index (χ4n) is 9.26. The zero-order chi connectivity index (χ0) is 53.2. The largest absolute Gasteiger partial charge is 0.461 e. The number of imidazole rings is 1. The van der Waals surface area contributed by atoms with Crippen molar-refractivity contribution in [2.24, 2.45) is 0 Å². The molecule has 0 aliphatic rings. The van der Waals surface area contributed by atoms with E-state index in [0.29, 0.717) is 43.2 Å². The number of nitrogens with two attached hydrogens (primary N) is 1. The van der Waals surface area contributed by atoms with Gasteiger partial charge in [-0.15, -0.1) is 0 Å². The Morgan fingerprint density at radius 1 is 0.662 bits per heavy atom. The van der Waals surface area contributed by atoms with Crippen LogP contribution in [0.1, 0.15) is 242 Å². The van der Waals surface area contributed by atoms with E-state index in [1.54, 1.807) is 31.4 Å². The summed E-state index contributed by atoms with van der Waals surface area (Å²) in [6.07, 6.45) is 41.8. The highest BCUT2D eigenvalue weighted by atomic mass is 31.2. The van der Waals surface area contributed by atoms with Crippen molar-refractivity contribution in [3.05, 3.63) is 45.9 Å². The van der Waals surface area contributed by atoms with E-state index in [-0.39, 0.29) is 56.6 Å². The van der Waals surface area contributed by atoms with Gasteiger partial charge in [-0.05, 0) is 37.0 Å². The lowest BCUT2D eigenvalue weighted by Crippen LogP contribution is -2.27. The molecule has 0 saturated carbocycles. The number of H-pyrrole nitrogens is 1. The molecule has 2 unspecified atom stereocenters. The Morgan fingerprint density at radius 3 is 1.65 bits per heavy atom. The molecule has 3 rings (SSSR count). The van der Waals surface area contributed by atoms with E-state index in [9.17, 15) is 19.0 Å². The summed E-state index contributed by atoms with van der Waals surface area (Å²) < 4.78 is 43.0. The van der Waals surface area contributed by atoms with Gasteiger partial charge in [0, 0.05) is 32.4 Å². The van der Waals surface area contributed by atoms with Crippen LogP contribution in [0.4, 0.5) is 5.82 Å². The summed E-state index contributed by atoms with van der Waals surface area (Å²) in [5, 5.41) is 2.83. The maximum absolute atomic E-state index is 13.1. The third-order valence-corrected chi connectivity index (χ3v) is 15.3. The number of hydrogen-bond donors (Lipinski definition) is 4. The van der Waals surface area contributed by atoms with E-state index in [1.807, 2.05) is 0 Å². The number of nitrogens with one attached hydrogen (secondary N) is 2. The van der Waals surface area contributed by atoms with Gasteiger partial charge in [-0.2, -0.15) is 9.97 Å². The molecule has 0 spiro atoms. The normalized spacial score (nSPS) is 12.9. The molecule has 2 aromatic heterocycles. The minimum atomic E-state index is -3.95. The number of rotatable bonds is 51. The zero-order valence-corrected chi connectivity index (χ0v) is 47.6. The number of aromatic nitrogens is 4. The molecule has 1 aromatic carbocycles. The molecule has 0 saturated heterocycles. The van der Waals surface area contributed by atoms with Crippen molar-refractivity contribution in [3.8, 4) is 6.01 Å². The molecule has 2 atom stereocenters. The van der Waals surface area contributed by atoms with Gasteiger partial charge in [0.15, 0.2) is 11.5 Å². The zero-order valence-electron chi connectivity index (χ0n) is 46.7. The first kappa shape index (κ1) is 65.0. The minimum absolute atomic E-state index is 0.0291. The van der Waals surface area contributed by atoms with E-state index in [4.69, 9.17) is 29.2 Å². The lowest BCUT2D eigenvalue weighted by molar-refractivity contribution is -0.0403. The summed E-state index contributed by atoms with van der Waals surface area (Å²) >= 11 is 0. The number of amides is 1. The molecule has 5 N–H and O–H groups in total. The first-order valence-electron chi connectivity index (χ1n) is 29.6. The first-order chi connectivity index (χ1) is 36.2. The molecule has 16 heteroatoms. The van der Waals surface area contributed by atoms with Gasteiger partial charge in [0.2, 0.25) is 0 Å². The fourth-order valence-corrected chi connectivity index (χ4v) is 10.3. The number of carbonyl (C=O) groups is 1. The van der Waals surface area contributed by atoms with E-state index in [0.717, 1.165) is 31.2 Å². The second-order valence-corrected chi connectivity index (χ2v) is 22.6. The highest BCUT2D eigenvalue weighted by Crippen LogP contribution is 2.42. The van der Waals surface area contributed by atoms with Gasteiger partial charge in [-0.3, -0.25) is 13.9 Å². The van der Waals surface area contributed by atoms with E-state index < -0.39 is 19.4 Å². The van der Waals surface area contributed by atoms with Crippen molar-refractivity contribution in [1.82, 2.24) is 24.8 Å². The van der Waals surface area contributed by atoms with Crippen LogP contribution in [0.3, 0.4) is 0 Å². The lowest BCUT2D eigenvalue weighted by Gasteiger charge is -2.20. The van der Waals surface area contributed by atoms with Crippen molar-refractivity contribution < 1.29 is 37.7 Å². The van der Waals surface area contributed by atoms with Gasteiger partial charge in [0.1, 0.15) is 18.2 Å². The fraction of sp³-hybridized carbons (Fsp3) is 0.793. The summed E-state index contributed by atoms with van der Waals surface area (Å²) in [4.78, 5) is 47.8. The van der Waals surface area contributed by atoms with Gasteiger partial charge < -0.3 is 44.4 Å². The topological polar surface area (TPSA) is 202 Å². The Labute approximate surface area is 446 Å². The van der Waals surface area contributed by atoms with Crippen molar-refractivity contribution in [2.75, 3.05) is 65.2 Å². The maximum Gasteiger partial charge on any atom is 0.328 e. The van der Waals surface area contributed by atoms with Gasteiger partial charge >= 0.3 is 19.3 Å². The van der Waals surface area contributed by atoms with Gasteiger partial charge in [0.05, 0.1) is 32.5 Å². The number of nitrogen functional groups attached to an aromatic ring is 1. The van der Waals surface area contributed by atoms with Crippen LogP contribution in [0.15, 0.2) is 29.1 Å². The van der Waals surface area contributed by atoms with Crippen LogP contribution in [0.5, 0.6) is 6.01 Å². The molecular formula is C58H103N6O9P. The maximum atomic E-state index is 13.1. The van der Waals surface area contributed by atoms with Crippen LogP contribution in [-0.2, 0) is 29.8 Å². The number of aromatic amines is 1. The molecule has 0 radical (unpaired) electrons. The van der Waals surface area contributed by atoms with E-state index in [1.165, 1.54) is 184 Å². The summed E-state index contributed by atoms with van der Waals surface area (Å²) in [6, 6.07) is 6.86. The average Bonchev–Trinajstić information content (AvgIpc) is 3.71. The summed E-state index contributed by atoms with van der Waals surface area (Å²) in [6.45, 7) is 6.96. The molecule has 0 aliphatic carbocycles. The quantitative estimate of drug-likeness (QED) is 0.0308. The molecular weight excluding hydrogens is 956 g/mol. The SMILES string of the molecule is CCCCCCCCCCCCCCCCCCOCC(COP(=O)(O)CCCNC(=O)c1ccc(Cn2c(=O)[nH]c3c(N)nc(OCCOC)nc32)cc1)OCCCCCCCCCCCCCCCCCC. The van der Waals surface area contributed by atoms with Crippen molar-refractivity contribution in [3.63, 3.8) is 0 Å². The minimum Gasteiger partial charge on any atom is -0.461 e. The van der Waals surface area contributed by atoms with Gasteiger partial charge in [0.25, 0.3) is 5.91 Å². The number of nitrogens with zero attached hydrogens (tertiary/aromatic N) is 3. The molecule has 1 amide bonds. The summed E-state index contributed by atoms with van der Waals surface area (Å²) in [5.74, 6) is -0.235. The highest BCUT2D eigenvalue weighted by molar-refractivity contribution is 7.52. The van der Waals surface area contributed by atoms with Crippen LogP contribution in [0.25, 0.3) is 11.2 Å². The van der Waals surface area contributed by atoms with Crippen molar-refractivity contribution in [2.45, 2.75) is 238 Å². The summed E-state index contributed by atoms with van der Waals surface area (Å²) in [5.41, 5.74) is 7.42. The average molecular weight is 1060 g/mol. The number of carbonyl (C=O) groups excluding carboxylic acids is 1. The Hall–Kier alpha value is -3.33. The molecule has 0 bridgehead atoms. The van der Waals surface area contributed by atoms with Crippen LogP contribution in [-0.4, -0.2) is 95.9 Å². The Morgan fingerprint density at radius 2 is 1.15 bits per heavy atom. The Balaban J connectivity index is 1.34. The lowest BCUT2D eigenvalue weighted by atomic mass is 10.0. The second-order valence-electron chi connectivity index (χ2n) is 20.6. The number of anilines is 1. The highest BCUT2D eigenvalue weighted by Gasteiger charge is 2.23. The number of benzene rings is 1. The molecule has 2 heterocycles. The predicted octanol–water partition coefficient (Wildman–Crippen LogP) is 14.0. The molecule has 424 valence electrons. The Bertz CT molecular complexity index is 1950. The number of ether oxygens (including phenoxy) is 4. The molecule has 0 fully saturated rings. The van der Waals surface area contributed by atoms with Crippen molar-refractivity contribution >= 4 is 30.5 Å². The second kappa shape index (κ2) is 42.7. The van der Waals surface area contributed by atoms with Crippen molar-refractivity contribution in [1.29, 1.82) is 0 Å². The van der Waals surface area contributed by atoms with Crippen LogP contribution in [0, 0.1) is 0 Å². The van der Waals surface area contributed by atoms with E-state index >= 15 is 0 Å². The van der Waals surface area contributed by atoms with Crippen LogP contribution < -0.4 is 21.5 Å². The van der Waals surface area contributed by atoms with Gasteiger partial charge in [-0.1, -0.05) is 219 Å². The number of methoxy groups -OCH3 is 1. The Kier molecular flexibility index (Phi) is 37.5. The first-order valence-corrected chi connectivity index (χ1v) is 31.3. The van der Waals surface area contributed by atoms with E-state index in [2.05, 4.69) is 34.1 Å². The number of unbranched alkanes of at least 4 members (excludes halogenated alkanes) is 30. The number of hydrogen-bond acceptors (Lipinski definition) is 11. The van der Waals surface area contributed by atoms with Gasteiger partial charge in [-0.25, -0.2) is 4.79 Å². The monoisotopic (exact) mass is 1060 g/mol. The smallest absolute Gasteiger partial charge is 0.328 e. The standard InChI is InChI=1S/C58H103N6O9P/c1-4-6-8-10-12-14-16-18-20-22-24-26-28-30-32-34-42-70-48-52(71-43-35-33-31-29-27-25-23-21-19-17-15-13-11-9-7-5-2)49-73-74(67,68)46-36-41-60-56(65)51-39-37-50(38-40-51)47-64-55-53(61-58(64)66)54(59)62-57(63-55)72-45-44-69-3/h37-40,52H,4-36,41-49H2,1-3H3,(H,60,65)(H,61,66)(H,67,68)(H2,59,62,63). The predicted molar refractivity (Wildman–Crippen MR) is 303 cm³/mol. The molecule has 0 aliphatic heterocycles. The summed E-state index contributed by atoms with van der Waals surface area (Å²) in [7, 11) is -2.40. The molecule has 15 nitrogen and oxygen atoms in total. The molecule has 74 heavy (non-hydrogen) atoms. The third kappa shape index (κ3) is 31.0. The molecule has 3 aromatic rings. The van der Waals surface area contributed by atoms with Crippen LogP contribution >= 0.6 is 7.60 Å². The third-order valence-electron chi connectivity index (χ3n) is 13.9.